The van der Waals surface area contributed by atoms with Crippen LogP contribution in [0.25, 0.3) is 0 Å². The Bertz CT molecular complexity index is 445. The van der Waals surface area contributed by atoms with E-state index in [2.05, 4.69) is 15.3 Å². The Balaban J connectivity index is 2.00. The van der Waals surface area contributed by atoms with E-state index in [1.807, 2.05) is 0 Å². The molecule has 2 heterocycles. The predicted molar refractivity (Wildman–Crippen MR) is 58.7 cm³/mol. The van der Waals surface area contributed by atoms with Crippen LogP contribution in [0.1, 0.15) is 16.9 Å². The first-order valence-corrected chi connectivity index (χ1v) is 5.12. The van der Waals surface area contributed by atoms with Crippen LogP contribution in [0.15, 0.2) is 12.4 Å². The van der Waals surface area contributed by atoms with Crippen LogP contribution >= 0.6 is 0 Å². The van der Waals surface area contributed by atoms with Gasteiger partial charge in [-0.2, -0.15) is 0 Å². The van der Waals surface area contributed by atoms with Crippen molar-refractivity contribution in [3.63, 3.8) is 0 Å². The van der Waals surface area contributed by atoms with E-state index in [1.165, 1.54) is 12.4 Å². The van der Waals surface area contributed by atoms with Gasteiger partial charge in [0.15, 0.2) is 5.69 Å². The highest BCUT2D eigenvalue weighted by atomic mass is 16.4. The first kappa shape index (κ1) is 11.3. The number of likely N-dealkylation sites (tertiary alicyclic amines) is 1. The lowest BCUT2D eigenvalue weighted by Crippen LogP contribution is -2.24. The average molecular weight is 236 g/mol. The number of carboxylic acids is 1. The van der Waals surface area contributed by atoms with E-state index < -0.39 is 5.97 Å². The van der Waals surface area contributed by atoms with E-state index in [-0.39, 0.29) is 17.6 Å². The molecule has 0 aliphatic carbocycles. The van der Waals surface area contributed by atoms with Crippen molar-refractivity contribution in [2.24, 2.45) is 0 Å². The van der Waals surface area contributed by atoms with Gasteiger partial charge in [0.1, 0.15) is 5.82 Å². The summed E-state index contributed by atoms with van der Waals surface area (Å²) in [7, 11) is 1.74. The summed E-state index contributed by atoms with van der Waals surface area (Å²) in [6.07, 6.45) is 2.95. The summed E-state index contributed by atoms with van der Waals surface area (Å²) in [5, 5.41) is 11.7. The molecule has 1 aliphatic heterocycles. The van der Waals surface area contributed by atoms with E-state index in [9.17, 15) is 9.59 Å². The number of likely N-dealkylation sites (N-methyl/N-ethyl adjacent to an activating group) is 1. The molecule has 7 nitrogen and oxygen atoms in total. The molecule has 0 saturated carbocycles. The molecule has 1 amide bonds. The molecule has 2 N–H and O–H groups in total. The molecule has 1 aromatic rings. The van der Waals surface area contributed by atoms with Crippen molar-refractivity contribution in [3.8, 4) is 0 Å². The molecule has 17 heavy (non-hydrogen) atoms. The molecule has 1 fully saturated rings. The SMILES string of the molecule is CN1CC(Nc2cnc(C(=O)O)cn2)CC1=O. The standard InChI is InChI=1S/C10H12N4O3/c1-14-5-6(2-9(14)15)13-8-4-11-7(3-12-8)10(16)17/h3-4,6H,2,5H2,1H3,(H,12,13)(H,16,17). The Kier molecular flexibility index (Phi) is 2.90. The molecular weight excluding hydrogens is 224 g/mol. The monoisotopic (exact) mass is 236 g/mol. The molecule has 1 aliphatic rings. The third-order valence-electron chi connectivity index (χ3n) is 2.56. The Morgan fingerprint density at radius 2 is 2.29 bits per heavy atom. The van der Waals surface area contributed by atoms with Gasteiger partial charge in [-0.25, -0.2) is 14.8 Å². The molecule has 0 spiro atoms. The topological polar surface area (TPSA) is 95.4 Å². The van der Waals surface area contributed by atoms with Crippen molar-refractivity contribution in [1.82, 2.24) is 14.9 Å². The minimum absolute atomic E-state index is 0.00234. The van der Waals surface area contributed by atoms with Gasteiger partial charge in [-0.05, 0) is 0 Å². The molecule has 0 radical (unpaired) electrons. The minimum Gasteiger partial charge on any atom is -0.476 e. The summed E-state index contributed by atoms with van der Waals surface area (Å²) in [5.74, 6) is -0.555. The van der Waals surface area contributed by atoms with E-state index in [1.54, 1.807) is 11.9 Å². The van der Waals surface area contributed by atoms with E-state index in [0.29, 0.717) is 18.8 Å². The van der Waals surface area contributed by atoms with Crippen molar-refractivity contribution >= 4 is 17.7 Å². The Hall–Kier alpha value is -2.18. The molecule has 2 rings (SSSR count). The average Bonchev–Trinajstić information content (AvgIpc) is 2.58. The highest BCUT2D eigenvalue weighted by molar-refractivity contribution is 5.85. The van der Waals surface area contributed by atoms with Gasteiger partial charge in [-0.1, -0.05) is 0 Å². The number of nitrogens with one attached hydrogen (secondary N) is 1. The number of carbonyl (C=O) groups is 2. The van der Waals surface area contributed by atoms with Gasteiger partial charge >= 0.3 is 5.97 Å². The molecule has 90 valence electrons. The van der Waals surface area contributed by atoms with Crippen LogP contribution in [0.2, 0.25) is 0 Å². The third kappa shape index (κ3) is 2.49. The second-order valence-corrected chi connectivity index (χ2v) is 3.91. The first-order chi connectivity index (χ1) is 8.06. The van der Waals surface area contributed by atoms with Gasteiger partial charge in [-0.15, -0.1) is 0 Å². The zero-order valence-electron chi connectivity index (χ0n) is 9.25. The van der Waals surface area contributed by atoms with Gasteiger partial charge in [0.05, 0.1) is 18.4 Å². The summed E-state index contributed by atoms with van der Waals surface area (Å²) in [6, 6.07) is -0.00234. The fourth-order valence-corrected chi connectivity index (χ4v) is 1.68. The van der Waals surface area contributed by atoms with Crippen LogP contribution in [0.3, 0.4) is 0 Å². The maximum atomic E-state index is 11.3. The molecule has 1 unspecified atom stereocenters. The van der Waals surface area contributed by atoms with Crippen LogP contribution in [0, 0.1) is 0 Å². The van der Waals surface area contributed by atoms with E-state index >= 15 is 0 Å². The molecule has 0 aromatic carbocycles. The Labute approximate surface area is 97.5 Å². The summed E-state index contributed by atoms with van der Waals surface area (Å²) in [5.41, 5.74) is -0.102. The number of hydrogen-bond donors (Lipinski definition) is 2. The molecule has 0 bridgehead atoms. The minimum atomic E-state index is -1.11. The lowest BCUT2D eigenvalue weighted by Gasteiger charge is -2.12. The largest absolute Gasteiger partial charge is 0.476 e. The quantitative estimate of drug-likeness (QED) is 0.755. The van der Waals surface area contributed by atoms with E-state index in [4.69, 9.17) is 5.11 Å². The van der Waals surface area contributed by atoms with Crippen LogP contribution < -0.4 is 5.32 Å². The van der Waals surface area contributed by atoms with Gasteiger partial charge in [0, 0.05) is 20.0 Å². The van der Waals surface area contributed by atoms with Crippen molar-refractivity contribution in [2.75, 3.05) is 18.9 Å². The Morgan fingerprint density at radius 3 is 2.76 bits per heavy atom. The normalized spacial score (nSPS) is 19.5. The number of aromatic carboxylic acids is 1. The molecular formula is C10H12N4O3. The van der Waals surface area contributed by atoms with Crippen molar-refractivity contribution in [1.29, 1.82) is 0 Å². The highest BCUT2D eigenvalue weighted by Gasteiger charge is 2.26. The van der Waals surface area contributed by atoms with E-state index in [0.717, 1.165) is 0 Å². The highest BCUT2D eigenvalue weighted by Crippen LogP contribution is 2.13. The maximum Gasteiger partial charge on any atom is 0.356 e. The number of rotatable bonds is 3. The van der Waals surface area contributed by atoms with Gasteiger partial charge in [0.2, 0.25) is 5.91 Å². The summed E-state index contributed by atoms with van der Waals surface area (Å²) < 4.78 is 0. The number of nitrogens with zero attached hydrogens (tertiary/aromatic N) is 3. The molecule has 1 aromatic heterocycles. The number of anilines is 1. The van der Waals surface area contributed by atoms with Gasteiger partial charge in [0.25, 0.3) is 0 Å². The predicted octanol–water partition coefficient (Wildman–Crippen LogP) is -0.183. The van der Waals surface area contributed by atoms with Crippen molar-refractivity contribution in [2.45, 2.75) is 12.5 Å². The lowest BCUT2D eigenvalue weighted by atomic mass is 10.2. The molecule has 1 atom stereocenters. The Morgan fingerprint density at radius 1 is 1.53 bits per heavy atom. The smallest absolute Gasteiger partial charge is 0.356 e. The number of amides is 1. The van der Waals surface area contributed by atoms with Crippen LogP contribution in [0.5, 0.6) is 0 Å². The summed E-state index contributed by atoms with van der Waals surface area (Å²) in [6.45, 7) is 0.612. The van der Waals surface area contributed by atoms with Gasteiger partial charge < -0.3 is 15.3 Å². The summed E-state index contributed by atoms with van der Waals surface area (Å²) >= 11 is 0. The van der Waals surface area contributed by atoms with Crippen molar-refractivity contribution < 1.29 is 14.7 Å². The van der Waals surface area contributed by atoms with Crippen LogP contribution in [0.4, 0.5) is 5.82 Å². The first-order valence-electron chi connectivity index (χ1n) is 5.12. The van der Waals surface area contributed by atoms with Crippen LogP contribution in [-0.2, 0) is 4.79 Å². The molecule has 7 heteroatoms. The molecule has 1 saturated heterocycles. The number of carboxylic acid groups (broad SMARTS) is 1. The van der Waals surface area contributed by atoms with Crippen molar-refractivity contribution in [3.05, 3.63) is 18.1 Å². The third-order valence-corrected chi connectivity index (χ3v) is 2.56. The maximum absolute atomic E-state index is 11.3. The zero-order valence-corrected chi connectivity index (χ0v) is 9.25. The van der Waals surface area contributed by atoms with Gasteiger partial charge in [-0.3, -0.25) is 4.79 Å². The lowest BCUT2D eigenvalue weighted by molar-refractivity contribution is -0.126. The fourth-order valence-electron chi connectivity index (χ4n) is 1.68. The zero-order chi connectivity index (χ0) is 12.4. The van der Waals surface area contributed by atoms with Crippen LogP contribution in [-0.4, -0.2) is 51.5 Å². The fraction of sp³-hybridized carbons (Fsp3) is 0.400. The number of aromatic nitrogens is 2. The number of hydrogen-bond acceptors (Lipinski definition) is 5. The second-order valence-electron chi connectivity index (χ2n) is 3.91. The summed E-state index contributed by atoms with van der Waals surface area (Å²) in [4.78, 5) is 31.2. The second kappa shape index (κ2) is 4.36. The number of carbonyl (C=O) groups excluding carboxylic acids is 1.